The zero-order valence-electron chi connectivity index (χ0n) is 26.9. The summed E-state index contributed by atoms with van der Waals surface area (Å²) in [6.45, 7) is -1.05. The summed E-state index contributed by atoms with van der Waals surface area (Å²) in [6, 6.07) is 3.30. The molecule has 0 aromatic heterocycles. The lowest BCUT2D eigenvalue weighted by Gasteiger charge is -2.39. The molecule has 12 N–H and O–H groups in total. The number of allylic oxidation sites excluding steroid dienone is 2. The molecule has 49 heavy (non-hydrogen) atoms. The van der Waals surface area contributed by atoms with Crippen molar-refractivity contribution in [2.24, 2.45) is 16.5 Å². The van der Waals surface area contributed by atoms with Gasteiger partial charge in [0.2, 0.25) is 12.1 Å². The summed E-state index contributed by atoms with van der Waals surface area (Å²) in [7, 11) is 2.78. The number of ketones is 2. The van der Waals surface area contributed by atoms with E-state index in [2.05, 4.69) is 15.6 Å². The van der Waals surface area contributed by atoms with E-state index in [1.165, 1.54) is 32.4 Å². The minimum atomic E-state index is -1.82. The van der Waals surface area contributed by atoms with E-state index < -0.39 is 60.7 Å². The molecule has 1 saturated heterocycles. The van der Waals surface area contributed by atoms with E-state index in [4.69, 9.17) is 25.7 Å². The molecule has 3 aliphatic rings. The van der Waals surface area contributed by atoms with E-state index in [1.807, 2.05) is 6.08 Å². The number of hydrogen-bond acceptors (Lipinski definition) is 14. The van der Waals surface area contributed by atoms with Gasteiger partial charge in [0.15, 0.2) is 11.7 Å². The maximum Gasteiger partial charge on any atom is 0.229 e. The fraction of sp³-hybridized carbons (Fsp3) is 0.424. The molecule has 1 unspecified atom stereocenters. The van der Waals surface area contributed by atoms with Crippen molar-refractivity contribution < 1.29 is 54.4 Å². The number of aliphatic hydroxyl groups is 5. The second-order valence-corrected chi connectivity index (χ2v) is 11.8. The fourth-order valence-corrected chi connectivity index (χ4v) is 6.15. The summed E-state index contributed by atoms with van der Waals surface area (Å²) in [5, 5.41) is 68.6. The molecule has 0 amide bonds. The third kappa shape index (κ3) is 6.98. The van der Waals surface area contributed by atoms with Crippen LogP contribution >= 0.6 is 0 Å². The number of aryl methyl sites for hydroxylation is 1. The number of benzene rings is 2. The first-order valence-corrected chi connectivity index (χ1v) is 15.6. The van der Waals surface area contributed by atoms with Gasteiger partial charge in [0.05, 0.1) is 37.1 Å². The van der Waals surface area contributed by atoms with Crippen LogP contribution in [0.25, 0.3) is 0 Å². The van der Waals surface area contributed by atoms with Gasteiger partial charge in [-0.2, -0.15) is 0 Å². The van der Waals surface area contributed by atoms with Gasteiger partial charge in [-0.1, -0.05) is 6.08 Å². The van der Waals surface area contributed by atoms with Crippen molar-refractivity contribution in [2.45, 2.75) is 62.2 Å². The molecule has 5 rings (SSSR count). The van der Waals surface area contributed by atoms with Crippen molar-refractivity contribution in [2.75, 3.05) is 27.4 Å². The van der Waals surface area contributed by atoms with Gasteiger partial charge in [0, 0.05) is 42.6 Å². The number of fused-ring (bicyclic) bond motifs is 2. The maximum atomic E-state index is 14.4. The van der Waals surface area contributed by atoms with Crippen LogP contribution in [0.5, 0.6) is 17.2 Å². The van der Waals surface area contributed by atoms with Crippen LogP contribution in [0, 0.1) is 0 Å². The number of nitrogens with two attached hydrogens (primary N) is 2. The van der Waals surface area contributed by atoms with Crippen LogP contribution < -0.4 is 31.6 Å². The van der Waals surface area contributed by atoms with E-state index in [-0.39, 0.29) is 64.5 Å². The summed E-state index contributed by atoms with van der Waals surface area (Å²) < 4.78 is 16.7. The number of aliphatic hydroxyl groups excluding tert-OH is 5. The lowest BCUT2D eigenvalue weighted by Crippen LogP contribution is -2.60. The van der Waals surface area contributed by atoms with Gasteiger partial charge < -0.3 is 67.0 Å². The Labute approximate surface area is 281 Å². The molecule has 264 valence electrons. The lowest BCUT2D eigenvalue weighted by atomic mass is 9.78. The fourth-order valence-electron chi connectivity index (χ4n) is 6.15. The Morgan fingerprint density at radius 3 is 2.43 bits per heavy atom. The van der Waals surface area contributed by atoms with Crippen molar-refractivity contribution in [3.63, 3.8) is 0 Å². The number of nitrogens with zero attached hydrogens (tertiary/aromatic N) is 1. The van der Waals surface area contributed by atoms with Gasteiger partial charge in [-0.15, -0.1) is 0 Å². The summed E-state index contributed by atoms with van der Waals surface area (Å²) in [4.78, 5) is 32.5. The first kappa shape index (κ1) is 35.7. The van der Waals surface area contributed by atoms with Gasteiger partial charge in [-0.3, -0.25) is 14.6 Å². The monoisotopic (exact) mass is 683 g/mol. The first-order chi connectivity index (χ1) is 23.4. The molecule has 2 aliphatic heterocycles. The standard InChI is InChI=1S/C33H41N5O11/c1-36-33(35)38-19(7-8-39)23-15(5-3-14-4-6-22(34)37-12-14)9-17-25(28(23)43)29(44)24-18(26(17)41)10-16(47-2)11-20(24)48-32-31(46)30(45)27(42)21(13-40)49-32/h4,6,9-12,19,21-22,27,30-32,37,39-40,42-43,45-46H,3,5,7-8,13,34H2,1-2H3,(H3,35,36,38)/t19-,21+,22?,27+,30-,31+,32+/m0/s1. The van der Waals surface area contributed by atoms with Gasteiger partial charge >= 0.3 is 0 Å². The Kier molecular flexibility index (Phi) is 10.9. The van der Waals surface area contributed by atoms with E-state index in [0.717, 1.165) is 5.57 Å². The number of dihydropyridines is 1. The van der Waals surface area contributed by atoms with Crippen LogP contribution in [0.1, 0.15) is 61.9 Å². The van der Waals surface area contributed by atoms with Gasteiger partial charge in [-0.25, -0.2) is 0 Å². The molecule has 1 fully saturated rings. The van der Waals surface area contributed by atoms with E-state index in [0.29, 0.717) is 18.4 Å². The Balaban J connectivity index is 1.63. The van der Waals surface area contributed by atoms with Crippen LogP contribution in [-0.2, 0) is 11.2 Å². The predicted octanol–water partition coefficient (Wildman–Crippen LogP) is -1.43. The minimum absolute atomic E-state index is 0.00712. The van der Waals surface area contributed by atoms with E-state index in [9.17, 15) is 40.2 Å². The normalized spacial score (nSPS) is 25.6. The maximum absolute atomic E-state index is 14.4. The molecule has 16 nitrogen and oxygen atoms in total. The van der Waals surface area contributed by atoms with Crippen molar-refractivity contribution in [1.82, 2.24) is 10.6 Å². The quantitative estimate of drug-likeness (QED) is 0.0820. The Bertz CT molecular complexity index is 1690. The Hall–Kier alpha value is -4.55. The molecule has 0 radical (unpaired) electrons. The minimum Gasteiger partial charge on any atom is -0.507 e. The third-order valence-corrected chi connectivity index (χ3v) is 8.76. The van der Waals surface area contributed by atoms with Crippen molar-refractivity contribution >= 4 is 17.5 Å². The SMILES string of the molecule is CN=C(N)N[C@@H](CCO)c1c(CCC2=CNC(N)C=C2)cc2c(c1O)C(=O)c1c(O[C@@H]3O[C@H](CO)[C@@H](O)[C@H](O)[C@H]3O)cc(OC)cc1C2=O. The second-order valence-electron chi connectivity index (χ2n) is 11.8. The number of phenols is 1. The molecule has 2 aromatic carbocycles. The van der Waals surface area contributed by atoms with Gasteiger partial charge in [0.1, 0.15) is 41.7 Å². The number of hydrogen-bond donors (Lipinski definition) is 10. The zero-order chi connectivity index (χ0) is 35.6. The second kappa shape index (κ2) is 14.9. The number of nitrogens with one attached hydrogen (secondary N) is 2. The summed E-state index contributed by atoms with van der Waals surface area (Å²) >= 11 is 0. The number of carbonyl (C=O) groups excluding carboxylic acids is 2. The van der Waals surface area contributed by atoms with Crippen LogP contribution in [-0.4, -0.2) is 112 Å². The third-order valence-electron chi connectivity index (χ3n) is 8.76. The van der Waals surface area contributed by atoms with Gasteiger partial charge in [-0.05, 0) is 48.6 Å². The molecule has 0 spiro atoms. The largest absolute Gasteiger partial charge is 0.507 e. The molecule has 16 heteroatoms. The molecule has 7 atom stereocenters. The van der Waals surface area contributed by atoms with Crippen molar-refractivity contribution in [3.8, 4) is 17.2 Å². The zero-order valence-corrected chi connectivity index (χ0v) is 26.9. The summed E-state index contributed by atoms with van der Waals surface area (Å²) in [5.74, 6) is -2.15. The van der Waals surface area contributed by atoms with Crippen LogP contribution in [0.3, 0.4) is 0 Å². The first-order valence-electron chi connectivity index (χ1n) is 15.6. The molecule has 2 heterocycles. The molecule has 0 bridgehead atoms. The van der Waals surface area contributed by atoms with E-state index in [1.54, 1.807) is 12.3 Å². The van der Waals surface area contributed by atoms with Crippen molar-refractivity contribution in [1.29, 1.82) is 0 Å². The molecular formula is C33H41N5O11. The highest BCUT2D eigenvalue weighted by molar-refractivity contribution is 6.30. The van der Waals surface area contributed by atoms with Crippen LogP contribution in [0.4, 0.5) is 0 Å². The lowest BCUT2D eigenvalue weighted by molar-refractivity contribution is -0.277. The number of methoxy groups -OCH3 is 1. The molecule has 0 saturated carbocycles. The average Bonchev–Trinajstić information content (AvgIpc) is 3.09. The number of guanidine groups is 1. The molecule has 1 aliphatic carbocycles. The predicted molar refractivity (Wildman–Crippen MR) is 174 cm³/mol. The average molecular weight is 684 g/mol. The highest BCUT2D eigenvalue weighted by Gasteiger charge is 2.46. The van der Waals surface area contributed by atoms with Crippen LogP contribution in [0.15, 0.2) is 47.1 Å². The number of rotatable bonds is 11. The van der Waals surface area contributed by atoms with Crippen molar-refractivity contribution in [3.05, 3.63) is 75.5 Å². The number of carbonyl (C=O) groups is 2. The number of aliphatic imine (C=N–C) groups is 1. The Morgan fingerprint density at radius 2 is 1.80 bits per heavy atom. The van der Waals surface area contributed by atoms with Crippen LogP contribution in [0.2, 0.25) is 0 Å². The Morgan fingerprint density at radius 1 is 1.06 bits per heavy atom. The number of phenolic OH excluding ortho intramolecular Hbond substituents is 1. The van der Waals surface area contributed by atoms with Gasteiger partial charge in [0.25, 0.3) is 0 Å². The topological polar surface area (TPSA) is 272 Å². The highest BCUT2D eigenvalue weighted by Crippen LogP contribution is 2.44. The number of aromatic hydroxyl groups is 1. The van der Waals surface area contributed by atoms with E-state index >= 15 is 0 Å². The number of ether oxygens (including phenoxy) is 3. The smallest absolute Gasteiger partial charge is 0.229 e. The summed E-state index contributed by atoms with van der Waals surface area (Å²) in [5.41, 5.74) is 12.6. The molecule has 2 aromatic rings. The molecular weight excluding hydrogens is 642 g/mol. The highest BCUT2D eigenvalue weighted by atomic mass is 16.7. The summed E-state index contributed by atoms with van der Waals surface area (Å²) in [6.07, 6.45) is -2.38.